The average Bonchev–Trinajstić information content (AvgIpc) is 2.05. The second-order valence-electron chi connectivity index (χ2n) is 3.11. The number of nitrogens with two attached hydrogens (primary N) is 1. The average molecular weight is 198 g/mol. The van der Waals surface area contributed by atoms with Crippen molar-refractivity contribution < 1.29 is 4.79 Å². The van der Waals surface area contributed by atoms with Gasteiger partial charge in [0.25, 0.3) is 0 Å². The largest absolute Gasteiger partial charge is 0.369 e. The molecule has 1 rings (SSSR count). The molecule has 0 fully saturated rings. The molecule has 0 bridgehead atoms. The Morgan fingerprint density at radius 1 is 1.46 bits per heavy atom. The van der Waals surface area contributed by atoms with Gasteiger partial charge in [0, 0.05) is 5.02 Å². The minimum Gasteiger partial charge on any atom is -0.369 e. The molecule has 1 aromatic rings. The first-order valence-corrected chi connectivity index (χ1v) is 4.43. The number of amides is 1. The number of aryl methyl sites for hydroxylation is 1. The molecule has 0 spiro atoms. The second kappa shape index (κ2) is 3.79. The van der Waals surface area contributed by atoms with Crippen LogP contribution in [0, 0.1) is 13.8 Å². The standard InChI is InChI=1S/C10H12ClNO/c1-6-3-4-9(11)7(2)8(6)5-10(12)13/h3-4H,5H2,1-2H3,(H2,12,13). The molecule has 0 unspecified atom stereocenters. The maximum absolute atomic E-state index is 10.8. The Bertz CT molecular complexity index is 347. The lowest BCUT2D eigenvalue weighted by molar-refractivity contribution is -0.117. The Labute approximate surface area is 82.7 Å². The molecular formula is C10H12ClNO. The minimum atomic E-state index is -0.325. The molecule has 2 nitrogen and oxygen atoms in total. The fraction of sp³-hybridized carbons (Fsp3) is 0.300. The number of hydrogen-bond acceptors (Lipinski definition) is 1. The lowest BCUT2D eigenvalue weighted by Gasteiger charge is -2.08. The predicted molar refractivity (Wildman–Crippen MR) is 53.8 cm³/mol. The fourth-order valence-electron chi connectivity index (χ4n) is 1.31. The van der Waals surface area contributed by atoms with Crippen LogP contribution in [0.5, 0.6) is 0 Å². The number of carbonyl (C=O) groups excluding carboxylic acids is 1. The third kappa shape index (κ3) is 2.22. The molecular weight excluding hydrogens is 186 g/mol. The van der Waals surface area contributed by atoms with Crippen LogP contribution in [0.15, 0.2) is 12.1 Å². The molecule has 0 aliphatic rings. The summed E-state index contributed by atoms with van der Waals surface area (Å²) in [6, 6.07) is 3.73. The molecule has 3 heteroatoms. The van der Waals surface area contributed by atoms with Gasteiger partial charge in [-0.05, 0) is 36.6 Å². The van der Waals surface area contributed by atoms with Crippen LogP contribution in [0.4, 0.5) is 0 Å². The van der Waals surface area contributed by atoms with Crippen molar-refractivity contribution in [2.75, 3.05) is 0 Å². The molecule has 70 valence electrons. The SMILES string of the molecule is Cc1ccc(Cl)c(C)c1CC(N)=O. The van der Waals surface area contributed by atoms with E-state index in [0.717, 1.165) is 16.7 Å². The summed E-state index contributed by atoms with van der Waals surface area (Å²) in [4.78, 5) is 10.8. The summed E-state index contributed by atoms with van der Waals surface area (Å²) < 4.78 is 0. The number of hydrogen-bond donors (Lipinski definition) is 1. The summed E-state index contributed by atoms with van der Waals surface area (Å²) in [5.74, 6) is -0.325. The van der Waals surface area contributed by atoms with Crippen molar-refractivity contribution in [1.82, 2.24) is 0 Å². The number of primary amides is 1. The van der Waals surface area contributed by atoms with Crippen LogP contribution in [0.2, 0.25) is 5.02 Å². The smallest absolute Gasteiger partial charge is 0.221 e. The normalized spacial score (nSPS) is 10.1. The van der Waals surface area contributed by atoms with E-state index in [-0.39, 0.29) is 12.3 Å². The topological polar surface area (TPSA) is 43.1 Å². The first-order valence-electron chi connectivity index (χ1n) is 4.05. The summed E-state index contributed by atoms with van der Waals surface area (Å²) in [5.41, 5.74) is 8.08. The van der Waals surface area contributed by atoms with Crippen LogP contribution in [-0.2, 0) is 11.2 Å². The van der Waals surface area contributed by atoms with E-state index < -0.39 is 0 Å². The molecule has 0 saturated heterocycles. The van der Waals surface area contributed by atoms with Crippen LogP contribution < -0.4 is 5.73 Å². The molecule has 2 N–H and O–H groups in total. The minimum absolute atomic E-state index is 0.262. The van der Waals surface area contributed by atoms with Crippen molar-refractivity contribution in [2.24, 2.45) is 5.73 Å². The van der Waals surface area contributed by atoms with Crippen LogP contribution in [0.3, 0.4) is 0 Å². The van der Waals surface area contributed by atoms with E-state index in [1.807, 2.05) is 26.0 Å². The van der Waals surface area contributed by atoms with Gasteiger partial charge in [-0.15, -0.1) is 0 Å². The Morgan fingerprint density at radius 3 is 2.62 bits per heavy atom. The van der Waals surface area contributed by atoms with E-state index >= 15 is 0 Å². The number of halogens is 1. The molecule has 0 heterocycles. The van der Waals surface area contributed by atoms with E-state index in [2.05, 4.69) is 0 Å². The van der Waals surface area contributed by atoms with Crippen LogP contribution in [-0.4, -0.2) is 5.91 Å². The molecule has 1 amide bonds. The highest BCUT2D eigenvalue weighted by molar-refractivity contribution is 6.31. The zero-order chi connectivity index (χ0) is 10.0. The van der Waals surface area contributed by atoms with Gasteiger partial charge in [-0.1, -0.05) is 17.7 Å². The first kappa shape index (κ1) is 10.1. The summed E-state index contributed by atoms with van der Waals surface area (Å²) in [6.07, 6.45) is 0.262. The van der Waals surface area contributed by atoms with Gasteiger partial charge in [-0.2, -0.15) is 0 Å². The Balaban J connectivity index is 3.17. The third-order valence-corrected chi connectivity index (χ3v) is 2.53. The van der Waals surface area contributed by atoms with Gasteiger partial charge in [0.05, 0.1) is 6.42 Å². The number of rotatable bonds is 2. The summed E-state index contributed by atoms with van der Waals surface area (Å²) in [7, 11) is 0. The maximum atomic E-state index is 10.8. The van der Waals surface area contributed by atoms with Gasteiger partial charge in [0.2, 0.25) is 5.91 Å². The van der Waals surface area contributed by atoms with Gasteiger partial charge in [-0.25, -0.2) is 0 Å². The highest BCUT2D eigenvalue weighted by Crippen LogP contribution is 2.22. The van der Waals surface area contributed by atoms with E-state index in [1.54, 1.807) is 0 Å². The predicted octanol–water partition coefficient (Wildman–Crippen LogP) is 1.98. The molecule has 0 aliphatic carbocycles. The molecule has 13 heavy (non-hydrogen) atoms. The lowest BCUT2D eigenvalue weighted by Crippen LogP contribution is -2.15. The van der Waals surface area contributed by atoms with Crippen molar-refractivity contribution in [3.8, 4) is 0 Å². The van der Waals surface area contributed by atoms with E-state index in [4.69, 9.17) is 17.3 Å². The van der Waals surface area contributed by atoms with Crippen molar-refractivity contribution in [3.63, 3.8) is 0 Å². The van der Waals surface area contributed by atoms with Crippen LogP contribution in [0.1, 0.15) is 16.7 Å². The third-order valence-electron chi connectivity index (χ3n) is 2.12. The van der Waals surface area contributed by atoms with Crippen molar-refractivity contribution in [3.05, 3.63) is 33.8 Å². The number of benzene rings is 1. The Morgan fingerprint density at radius 2 is 2.08 bits per heavy atom. The van der Waals surface area contributed by atoms with Gasteiger partial charge in [0.1, 0.15) is 0 Å². The first-order chi connectivity index (χ1) is 6.02. The molecule has 1 aromatic carbocycles. The second-order valence-corrected chi connectivity index (χ2v) is 3.52. The molecule has 0 aromatic heterocycles. The van der Waals surface area contributed by atoms with Crippen molar-refractivity contribution in [1.29, 1.82) is 0 Å². The molecule has 0 aliphatic heterocycles. The highest BCUT2D eigenvalue weighted by atomic mass is 35.5. The maximum Gasteiger partial charge on any atom is 0.221 e. The highest BCUT2D eigenvalue weighted by Gasteiger charge is 2.08. The zero-order valence-corrected chi connectivity index (χ0v) is 8.48. The van der Waals surface area contributed by atoms with E-state index in [9.17, 15) is 4.79 Å². The summed E-state index contributed by atoms with van der Waals surface area (Å²) in [6.45, 7) is 3.84. The van der Waals surface area contributed by atoms with E-state index in [0.29, 0.717) is 5.02 Å². The van der Waals surface area contributed by atoms with Crippen LogP contribution >= 0.6 is 11.6 Å². The lowest BCUT2D eigenvalue weighted by atomic mass is 10.00. The number of carbonyl (C=O) groups is 1. The molecule has 0 radical (unpaired) electrons. The van der Waals surface area contributed by atoms with Crippen molar-refractivity contribution >= 4 is 17.5 Å². The van der Waals surface area contributed by atoms with Gasteiger partial charge < -0.3 is 5.73 Å². The molecule has 0 saturated carbocycles. The Kier molecular flexibility index (Phi) is 2.94. The van der Waals surface area contributed by atoms with Gasteiger partial charge >= 0.3 is 0 Å². The summed E-state index contributed by atoms with van der Waals surface area (Å²) >= 11 is 5.92. The van der Waals surface area contributed by atoms with E-state index in [1.165, 1.54) is 0 Å². The zero-order valence-electron chi connectivity index (χ0n) is 7.73. The van der Waals surface area contributed by atoms with Gasteiger partial charge in [0.15, 0.2) is 0 Å². The molecule has 0 atom stereocenters. The monoisotopic (exact) mass is 197 g/mol. The summed E-state index contributed by atoms with van der Waals surface area (Å²) in [5, 5.41) is 0.682. The van der Waals surface area contributed by atoms with Crippen molar-refractivity contribution in [2.45, 2.75) is 20.3 Å². The van der Waals surface area contributed by atoms with Crippen LogP contribution in [0.25, 0.3) is 0 Å². The quantitative estimate of drug-likeness (QED) is 0.774. The fourth-order valence-corrected chi connectivity index (χ4v) is 1.49. The van der Waals surface area contributed by atoms with Gasteiger partial charge in [-0.3, -0.25) is 4.79 Å². The Hall–Kier alpha value is -1.02.